The van der Waals surface area contributed by atoms with E-state index in [2.05, 4.69) is 16.2 Å². The van der Waals surface area contributed by atoms with E-state index in [0.717, 1.165) is 21.6 Å². The van der Waals surface area contributed by atoms with Crippen molar-refractivity contribution in [3.05, 3.63) is 45.1 Å². The summed E-state index contributed by atoms with van der Waals surface area (Å²) in [6.07, 6.45) is 5.43. The highest BCUT2D eigenvalue weighted by Gasteiger charge is 2.29. The number of anilines is 1. The third-order valence-corrected chi connectivity index (χ3v) is 8.73. The second-order valence-corrected chi connectivity index (χ2v) is 12.0. The molecule has 14 heteroatoms. The molecule has 2 aromatic heterocycles. The first kappa shape index (κ1) is 29.8. The number of hydrogen-bond acceptors (Lipinski definition) is 10. The summed E-state index contributed by atoms with van der Waals surface area (Å²) in [5.41, 5.74) is 0.900. The average Bonchev–Trinajstić information content (AvgIpc) is 3.35. The fraction of sp³-hybridized carbons (Fsp3) is 0.320. The molecule has 1 aromatic carbocycles. The minimum Gasteiger partial charge on any atom is -0.462 e. The number of aromatic nitrogens is 1. The topological polar surface area (TPSA) is 150 Å². The number of hydrogen-bond donors (Lipinski definition) is 1. The van der Waals surface area contributed by atoms with Crippen molar-refractivity contribution in [1.29, 1.82) is 0 Å². The number of terminal acetylenes is 1. The number of esters is 2. The van der Waals surface area contributed by atoms with Gasteiger partial charge in [0.2, 0.25) is 5.91 Å². The Kier molecular flexibility index (Phi) is 9.79. The van der Waals surface area contributed by atoms with Crippen LogP contribution in [0.5, 0.6) is 0 Å². The number of carbonyl (C=O) groups excluding carboxylic acids is 4. The van der Waals surface area contributed by atoms with Gasteiger partial charge in [0, 0.05) is 0 Å². The van der Waals surface area contributed by atoms with E-state index in [1.807, 2.05) is 12.1 Å². The monoisotopic (exact) mass is 591 g/mol. The third kappa shape index (κ3) is 7.20. The third-order valence-electron chi connectivity index (χ3n) is 5.09. The van der Waals surface area contributed by atoms with Crippen LogP contribution in [0.3, 0.4) is 0 Å². The van der Waals surface area contributed by atoms with Gasteiger partial charge in [0.25, 0.3) is 5.91 Å². The molecule has 11 nitrogen and oxygen atoms in total. The summed E-state index contributed by atoms with van der Waals surface area (Å²) in [6.45, 7) is 4.95. The molecule has 2 amide bonds. The second kappa shape index (κ2) is 12.8. The molecule has 206 valence electrons. The number of fused-ring (bicyclic) bond motifs is 1. The summed E-state index contributed by atoms with van der Waals surface area (Å²) >= 11 is 1.94. The van der Waals surface area contributed by atoms with E-state index in [1.165, 1.54) is 18.3 Å². The maximum absolute atomic E-state index is 12.7. The Balaban J connectivity index is 1.81. The molecule has 0 bridgehead atoms. The summed E-state index contributed by atoms with van der Waals surface area (Å²) < 4.78 is 37.8. The van der Waals surface area contributed by atoms with Crippen LogP contribution in [0.25, 0.3) is 10.2 Å². The van der Waals surface area contributed by atoms with Crippen LogP contribution < -0.4 is 10.1 Å². The molecule has 0 aliphatic carbocycles. The first-order chi connectivity index (χ1) is 18.5. The van der Waals surface area contributed by atoms with Crippen molar-refractivity contribution in [2.45, 2.75) is 27.3 Å². The first-order valence-corrected chi connectivity index (χ1v) is 15.0. The molecule has 0 fully saturated rings. The fourth-order valence-corrected chi connectivity index (χ4v) is 6.70. The molecule has 0 aliphatic rings. The lowest BCUT2D eigenvalue weighted by atomic mass is 10.1. The Hall–Kier alpha value is -3.80. The van der Waals surface area contributed by atoms with E-state index < -0.39 is 45.1 Å². The van der Waals surface area contributed by atoms with Crippen LogP contribution in [-0.2, 0) is 35.4 Å². The SMILES string of the molecule is C#CCn1c(=NC(=O)CS(=O)(=O)CC(=O)Nc2sc(C(=O)OCC)c(C)c2C(=O)OCC)sc2ccccc21. The molecule has 3 rings (SSSR count). The minimum atomic E-state index is -4.25. The Labute approximate surface area is 232 Å². The predicted molar refractivity (Wildman–Crippen MR) is 147 cm³/mol. The quantitative estimate of drug-likeness (QED) is 0.279. The van der Waals surface area contributed by atoms with Crippen molar-refractivity contribution in [3.8, 4) is 12.3 Å². The van der Waals surface area contributed by atoms with Gasteiger partial charge >= 0.3 is 11.9 Å². The molecule has 1 N–H and O–H groups in total. The molecule has 0 saturated carbocycles. The normalized spacial score (nSPS) is 11.7. The van der Waals surface area contributed by atoms with Crippen molar-refractivity contribution < 1.29 is 37.1 Å². The number of nitrogens with zero attached hydrogens (tertiary/aromatic N) is 2. The minimum absolute atomic E-state index is 0.0391. The van der Waals surface area contributed by atoms with Gasteiger partial charge in [-0.3, -0.25) is 9.59 Å². The van der Waals surface area contributed by atoms with Crippen LogP contribution in [0.4, 0.5) is 5.00 Å². The molecular weight excluding hydrogens is 566 g/mol. The standard InChI is InChI=1S/C25H25N3O8S3/c1-5-12-28-16-10-8-9-11-17(16)37-25(28)27-19(30)14-39(33,34)13-18(29)26-22-20(23(31)35-6-2)15(4)21(38-22)24(32)36-7-3/h1,8-11H,6-7,12-14H2,2-4H3,(H,26,29). The van der Waals surface area contributed by atoms with Crippen LogP contribution in [0.15, 0.2) is 29.3 Å². The Morgan fingerprint density at radius 3 is 2.38 bits per heavy atom. The van der Waals surface area contributed by atoms with Gasteiger partial charge in [-0.2, -0.15) is 4.99 Å². The van der Waals surface area contributed by atoms with E-state index in [4.69, 9.17) is 15.9 Å². The molecule has 3 aromatic rings. The number of carbonyl (C=O) groups is 4. The smallest absolute Gasteiger partial charge is 0.348 e. The van der Waals surface area contributed by atoms with Gasteiger partial charge in [-0.1, -0.05) is 29.4 Å². The van der Waals surface area contributed by atoms with Crippen molar-refractivity contribution in [2.24, 2.45) is 4.99 Å². The molecule has 0 saturated heterocycles. The van der Waals surface area contributed by atoms with Gasteiger partial charge in [0.1, 0.15) is 21.4 Å². The van der Waals surface area contributed by atoms with Gasteiger partial charge < -0.3 is 19.4 Å². The zero-order valence-corrected chi connectivity index (χ0v) is 23.8. The number of amides is 2. The lowest BCUT2D eigenvalue weighted by molar-refractivity contribution is -0.115. The molecule has 0 atom stereocenters. The average molecular weight is 592 g/mol. The number of sulfone groups is 1. The number of nitrogens with one attached hydrogen (secondary N) is 1. The van der Waals surface area contributed by atoms with E-state index in [9.17, 15) is 27.6 Å². The van der Waals surface area contributed by atoms with Gasteiger partial charge in [-0.25, -0.2) is 18.0 Å². The second-order valence-electron chi connectivity index (χ2n) is 7.93. The van der Waals surface area contributed by atoms with Crippen LogP contribution in [0, 0.1) is 19.3 Å². The van der Waals surface area contributed by atoms with Gasteiger partial charge in [-0.05, 0) is 38.5 Å². The maximum atomic E-state index is 12.7. The largest absolute Gasteiger partial charge is 0.462 e. The highest BCUT2D eigenvalue weighted by Crippen LogP contribution is 2.34. The molecule has 0 spiro atoms. The van der Waals surface area contributed by atoms with Crippen molar-refractivity contribution in [1.82, 2.24) is 4.57 Å². The highest BCUT2D eigenvalue weighted by molar-refractivity contribution is 7.92. The van der Waals surface area contributed by atoms with Crippen molar-refractivity contribution in [3.63, 3.8) is 0 Å². The van der Waals surface area contributed by atoms with E-state index in [0.29, 0.717) is 0 Å². The van der Waals surface area contributed by atoms with Crippen LogP contribution in [0.1, 0.15) is 39.4 Å². The van der Waals surface area contributed by atoms with Crippen molar-refractivity contribution in [2.75, 3.05) is 30.0 Å². The zero-order chi connectivity index (χ0) is 28.7. The Morgan fingerprint density at radius 1 is 1.05 bits per heavy atom. The summed E-state index contributed by atoms with van der Waals surface area (Å²) in [5.74, 6) is -3.07. The first-order valence-electron chi connectivity index (χ1n) is 11.6. The Morgan fingerprint density at radius 2 is 1.72 bits per heavy atom. The summed E-state index contributed by atoms with van der Waals surface area (Å²) in [6, 6.07) is 7.24. The molecule has 39 heavy (non-hydrogen) atoms. The maximum Gasteiger partial charge on any atom is 0.348 e. The predicted octanol–water partition coefficient (Wildman–Crippen LogP) is 2.54. The molecule has 0 unspecified atom stereocenters. The summed E-state index contributed by atoms with van der Waals surface area (Å²) in [5, 5.41) is 2.29. The molecule has 2 heterocycles. The zero-order valence-electron chi connectivity index (χ0n) is 21.3. The van der Waals surface area contributed by atoms with E-state index in [-0.39, 0.29) is 45.6 Å². The molecular formula is C25H25N3O8S3. The summed E-state index contributed by atoms with van der Waals surface area (Å²) in [7, 11) is -4.25. The number of thiazole rings is 1. The van der Waals surface area contributed by atoms with E-state index >= 15 is 0 Å². The van der Waals surface area contributed by atoms with Crippen LogP contribution in [-0.4, -0.2) is 61.5 Å². The lowest BCUT2D eigenvalue weighted by Crippen LogP contribution is -2.28. The van der Waals surface area contributed by atoms with Gasteiger partial charge in [0.05, 0.1) is 35.5 Å². The Bertz CT molecular complexity index is 1660. The number of para-hydroxylation sites is 1. The number of rotatable bonds is 10. The van der Waals surface area contributed by atoms with Gasteiger partial charge in [0.15, 0.2) is 14.6 Å². The van der Waals surface area contributed by atoms with Crippen molar-refractivity contribution >= 4 is 71.5 Å². The van der Waals surface area contributed by atoms with E-state index in [1.54, 1.807) is 30.5 Å². The fourth-order valence-electron chi connectivity index (χ4n) is 3.53. The molecule has 0 radical (unpaired) electrons. The van der Waals surface area contributed by atoms with Crippen LogP contribution >= 0.6 is 22.7 Å². The molecule has 0 aliphatic heterocycles. The number of thiophene rings is 1. The number of ether oxygens (including phenoxy) is 2. The lowest BCUT2D eigenvalue weighted by Gasteiger charge is -2.07. The number of benzene rings is 1. The summed E-state index contributed by atoms with van der Waals surface area (Å²) in [4.78, 5) is 54.2. The van der Waals surface area contributed by atoms with Gasteiger partial charge in [-0.15, -0.1) is 17.8 Å². The van der Waals surface area contributed by atoms with Crippen LogP contribution in [0.2, 0.25) is 0 Å². The highest BCUT2D eigenvalue weighted by atomic mass is 32.2.